The quantitative estimate of drug-likeness (QED) is 0.623. The molecule has 1 fully saturated rings. The lowest BCUT2D eigenvalue weighted by Crippen LogP contribution is -2.48. The highest BCUT2D eigenvalue weighted by molar-refractivity contribution is 5.74. The monoisotopic (exact) mass is 422 g/mol. The first-order valence-corrected chi connectivity index (χ1v) is 9.81. The first-order chi connectivity index (χ1) is 14.3. The molecule has 0 spiro atoms. The lowest BCUT2D eigenvalue weighted by atomic mass is 10.1. The molecule has 0 atom stereocenters. The summed E-state index contributed by atoms with van der Waals surface area (Å²) in [6.45, 7) is 4.28. The Balaban J connectivity index is 1.33. The van der Waals surface area contributed by atoms with Gasteiger partial charge in [-0.3, -0.25) is 0 Å². The lowest BCUT2D eigenvalue weighted by molar-refractivity contribution is -0.137. The standard InChI is InChI=1S/C20H25F3N6O/c1-14-3-2-4-18(27-14)29-11-7-16(8-12-29)28-19(30)25-10-9-24-17-6-5-15(13-26-17)20(21,22)23/h2-6,13,16H,7-12H2,1H3,(H,24,26)(H2,25,28,30). The molecule has 0 aliphatic carbocycles. The number of amides is 2. The number of halogens is 3. The first-order valence-electron chi connectivity index (χ1n) is 9.81. The van der Waals surface area contributed by atoms with Crippen LogP contribution in [-0.4, -0.2) is 48.2 Å². The highest BCUT2D eigenvalue weighted by Gasteiger charge is 2.30. The second-order valence-electron chi connectivity index (χ2n) is 7.16. The second kappa shape index (κ2) is 9.64. The zero-order valence-corrected chi connectivity index (χ0v) is 16.7. The molecule has 0 unspecified atom stereocenters. The van der Waals surface area contributed by atoms with E-state index in [0.29, 0.717) is 18.9 Å². The largest absolute Gasteiger partial charge is 0.417 e. The lowest BCUT2D eigenvalue weighted by Gasteiger charge is -2.33. The molecule has 3 rings (SSSR count). The van der Waals surface area contributed by atoms with Gasteiger partial charge in [0.1, 0.15) is 11.6 Å². The summed E-state index contributed by atoms with van der Waals surface area (Å²) in [6, 6.07) is 8.01. The van der Waals surface area contributed by atoms with Gasteiger partial charge in [-0.15, -0.1) is 0 Å². The molecule has 0 aromatic carbocycles. The SMILES string of the molecule is Cc1cccc(N2CCC(NC(=O)NCCNc3ccc(C(F)(F)F)cn3)CC2)n1. The number of urea groups is 1. The van der Waals surface area contributed by atoms with Gasteiger partial charge in [-0.2, -0.15) is 13.2 Å². The highest BCUT2D eigenvalue weighted by Crippen LogP contribution is 2.28. The molecular weight excluding hydrogens is 397 g/mol. The summed E-state index contributed by atoms with van der Waals surface area (Å²) in [4.78, 5) is 22.5. The molecule has 2 amide bonds. The molecule has 0 saturated carbocycles. The number of nitrogens with zero attached hydrogens (tertiary/aromatic N) is 3. The van der Waals surface area contributed by atoms with Gasteiger partial charge in [-0.1, -0.05) is 6.07 Å². The Hall–Kier alpha value is -3.04. The summed E-state index contributed by atoms with van der Waals surface area (Å²) in [5.41, 5.74) is 0.182. The van der Waals surface area contributed by atoms with Crippen LogP contribution in [0.1, 0.15) is 24.1 Å². The maximum atomic E-state index is 12.5. The van der Waals surface area contributed by atoms with Crippen LogP contribution in [-0.2, 0) is 6.18 Å². The number of nitrogens with one attached hydrogen (secondary N) is 3. The molecule has 0 bridgehead atoms. The number of rotatable bonds is 6. The van der Waals surface area contributed by atoms with Crippen molar-refractivity contribution < 1.29 is 18.0 Å². The molecule has 7 nitrogen and oxygen atoms in total. The number of alkyl halides is 3. The summed E-state index contributed by atoms with van der Waals surface area (Å²) in [7, 11) is 0. The number of aryl methyl sites for hydroxylation is 1. The molecular formula is C20H25F3N6O. The van der Waals surface area contributed by atoms with Crippen LogP contribution in [0.5, 0.6) is 0 Å². The molecule has 10 heteroatoms. The number of carbonyl (C=O) groups is 1. The van der Waals surface area contributed by atoms with Crippen molar-refractivity contribution >= 4 is 17.7 Å². The summed E-state index contributed by atoms with van der Waals surface area (Å²) >= 11 is 0. The smallest absolute Gasteiger partial charge is 0.368 e. The molecule has 162 valence electrons. The molecule has 1 aliphatic heterocycles. The molecule has 30 heavy (non-hydrogen) atoms. The van der Waals surface area contributed by atoms with E-state index >= 15 is 0 Å². The number of aromatic nitrogens is 2. The molecule has 1 saturated heterocycles. The Labute approximate surface area is 173 Å². The minimum atomic E-state index is -4.40. The van der Waals surface area contributed by atoms with E-state index in [0.717, 1.165) is 49.7 Å². The van der Waals surface area contributed by atoms with Gasteiger partial charge in [0.05, 0.1) is 5.56 Å². The van der Waals surface area contributed by atoms with Crippen LogP contribution in [0.4, 0.5) is 29.6 Å². The number of piperidine rings is 1. The van der Waals surface area contributed by atoms with E-state index in [-0.39, 0.29) is 12.1 Å². The third kappa shape index (κ3) is 6.23. The van der Waals surface area contributed by atoms with Crippen molar-refractivity contribution in [3.63, 3.8) is 0 Å². The van der Waals surface area contributed by atoms with E-state index in [2.05, 4.69) is 30.8 Å². The van der Waals surface area contributed by atoms with Gasteiger partial charge in [0, 0.05) is 44.1 Å². The fraction of sp³-hybridized carbons (Fsp3) is 0.450. The number of carbonyl (C=O) groups excluding carboxylic acids is 1. The van der Waals surface area contributed by atoms with Gasteiger partial charge >= 0.3 is 12.2 Å². The predicted molar refractivity (Wildman–Crippen MR) is 108 cm³/mol. The molecule has 3 N–H and O–H groups in total. The summed E-state index contributed by atoms with van der Waals surface area (Å²) in [5.74, 6) is 1.28. The topological polar surface area (TPSA) is 82.2 Å². The van der Waals surface area contributed by atoms with Gasteiger partial charge in [0.2, 0.25) is 0 Å². The van der Waals surface area contributed by atoms with Crippen molar-refractivity contribution in [3.8, 4) is 0 Å². The summed E-state index contributed by atoms with van der Waals surface area (Å²) in [5, 5.41) is 8.58. The minimum Gasteiger partial charge on any atom is -0.368 e. The zero-order valence-electron chi connectivity index (χ0n) is 16.7. The average Bonchev–Trinajstić information content (AvgIpc) is 2.71. The number of pyridine rings is 2. The van der Waals surface area contributed by atoms with E-state index in [1.54, 1.807) is 0 Å². The van der Waals surface area contributed by atoms with Crippen LogP contribution in [0, 0.1) is 6.92 Å². The minimum absolute atomic E-state index is 0.0931. The summed E-state index contributed by atoms with van der Waals surface area (Å²) < 4.78 is 37.5. The maximum absolute atomic E-state index is 12.5. The fourth-order valence-electron chi connectivity index (χ4n) is 3.23. The van der Waals surface area contributed by atoms with E-state index in [1.165, 1.54) is 6.07 Å². The Bertz CT molecular complexity index is 835. The van der Waals surface area contributed by atoms with Crippen LogP contribution >= 0.6 is 0 Å². The third-order valence-electron chi connectivity index (χ3n) is 4.84. The Morgan fingerprint density at radius 1 is 1.17 bits per heavy atom. The van der Waals surface area contributed by atoms with E-state index in [9.17, 15) is 18.0 Å². The van der Waals surface area contributed by atoms with Crippen molar-refractivity contribution in [1.29, 1.82) is 0 Å². The highest BCUT2D eigenvalue weighted by atomic mass is 19.4. The Morgan fingerprint density at radius 2 is 1.93 bits per heavy atom. The van der Waals surface area contributed by atoms with Crippen LogP contribution in [0.25, 0.3) is 0 Å². The van der Waals surface area contributed by atoms with Gasteiger partial charge in [-0.25, -0.2) is 14.8 Å². The van der Waals surface area contributed by atoms with Crippen molar-refractivity contribution in [3.05, 3.63) is 47.8 Å². The normalized spacial score (nSPS) is 15.0. The van der Waals surface area contributed by atoms with Crippen LogP contribution in [0.15, 0.2) is 36.5 Å². The Kier molecular flexibility index (Phi) is 6.96. The van der Waals surface area contributed by atoms with E-state index in [4.69, 9.17) is 0 Å². The van der Waals surface area contributed by atoms with Gasteiger partial charge < -0.3 is 20.9 Å². The number of hydrogen-bond acceptors (Lipinski definition) is 5. The third-order valence-corrected chi connectivity index (χ3v) is 4.84. The average molecular weight is 422 g/mol. The van der Waals surface area contributed by atoms with Crippen LogP contribution in [0.3, 0.4) is 0 Å². The Morgan fingerprint density at radius 3 is 2.57 bits per heavy atom. The molecule has 2 aromatic rings. The van der Waals surface area contributed by atoms with Gasteiger partial charge in [-0.05, 0) is 44.0 Å². The van der Waals surface area contributed by atoms with E-state index < -0.39 is 11.7 Å². The maximum Gasteiger partial charge on any atom is 0.417 e. The first kappa shape index (κ1) is 21.7. The summed E-state index contributed by atoms with van der Waals surface area (Å²) in [6.07, 6.45) is -1.97. The van der Waals surface area contributed by atoms with Crippen molar-refractivity contribution in [2.24, 2.45) is 0 Å². The molecule has 1 aliphatic rings. The number of hydrogen-bond donors (Lipinski definition) is 3. The van der Waals surface area contributed by atoms with Crippen molar-refractivity contribution in [2.75, 3.05) is 36.4 Å². The number of anilines is 2. The van der Waals surface area contributed by atoms with E-state index in [1.807, 2.05) is 25.1 Å². The molecule has 2 aromatic heterocycles. The van der Waals surface area contributed by atoms with Crippen LogP contribution in [0.2, 0.25) is 0 Å². The second-order valence-corrected chi connectivity index (χ2v) is 7.16. The fourth-order valence-corrected chi connectivity index (χ4v) is 3.23. The van der Waals surface area contributed by atoms with Gasteiger partial charge in [0.25, 0.3) is 0 Å². The van der Waals surface area contributed by atoms with Crippen molar-refractivity contribution in [2.45, 2.75) is 32.0 Å². The zero-order chi connectivity index (χ0) is 21.6. The van der Waals surface area contributed by atoms with Gasteiger partial charge in [0.15, 0.2) is 0 Å². The van der Waals surface area contributed by atoms with Crippen molar-refractivity contribution in [1.82, 2.24) is 20.6 Å². The predicted octanol–water partition coefficient (Wildman–Crippen LogP) is 3.18. The van der Waals surface area contributed by atoms with Crippen LogP contribution < -0.4 is 20.9 Å². The molecule has 0 radical (unpaired) electrons. The molecule has 3 heterocycles.